The SMILES string of the molecule is CC(C)CCCCCCCCCCCCCCCCCCCCC(=O)O[C@H](COC(=O)CCCCCCCCCC(C)C)COP(=O)(O)OCC(O)COP(=O)(O)OC[C@@H](COC(=O)CCCCCCCCCCCC(C)C)OC(=O)CCCCCCCCCCCC(C)C. The average molecular weight is 1400 g/mol. The molecule has 0 spiro atoms. The van der Waals surface area contributed by atoms with Crippen LogP contribution in [0.25, 0.3) is 0 Å². The minimum atomic E-state index is -4.96. The largest absolute Gasteiger partial charge is 0.472 e. The maximum Gasteiger partial charge on any atom is 0.472 e. The van der Waals surface area contributed by atoms with Crippen molar-refractivity contribution in [1.82, 2.24) is 0 Å². The van der Waals surface area contributed by atoms with Gasteiger partial charge in [0.25, 0.3) is 0 Å². The third-order valence-corrected chi connectivity index (χ3v) is 19.5. The van der Waals surface area contributed by atoms with Gasteiger partial charge in [-0.15, -0.1) is 0 Å². The molecule has 5 atom stereocenters. The molecule has 0 rings (SSSR count). The molecule has 19 heteroatoms. The van der Waals surface area contributed by atoms with Gasteiger partial charge < -0.3 is 33.8 Å². The van der Waals surface area contributed by atoms with Gasteiger partial charge in [0.15, 0.2) is 12.2 Å². The molecular weight excluding hydrogens is 1250 g/mol. The Kier molecular flexibility index (Phi) is 64.0. The van der Waals surface area contributed by atoms with Gasteiger partial charge in [-0.25, -0.2) is 9.13 Å². The lowest BCUT2D eigenvalue weighted by molar-refractivity contribution is -0.161. The summed E-state index contributed by atoms with van der Waals surface area (Å²) in [7, 11) is -9.91. The zero-order valence-electron chi connectivity index (χ0n) is 62.3. The van der Waals surface area contributed by atoms with Crippen LogP contribution in [0.2, 0.25) is 0 Å². The van der Waals surface area contributed by atoms with E-state index >= 15 is 0 Å². The van der Waals surface area contributed by atoms with E-state index in [1.54, 1.807) is 0 Å². The molecular formula is C76H148O17P2. The van der Waals surface area contributed by atoms with E-state index in [1.807, 2.05) is 0 Å². The van der Waals surface area contributed by atoms with Gasteiger partial charge in [-0.2, -0.15) is 0 Å². The molecule has 0 aliphatic rings. The second-order valence-corrected chi connectivity index (χ2v) is 32.2. The number of phosphoric ester groups is 2. The number of phosphoric acid groups is 2. The third-order valence-electron chi connectivity index (χ3n) is 17.6. The van der Waals surface area contributed by atoms with Crippen LogP contribution >= 0.6 is 15.6 Å². The van der Waals surface area contributed by atoms with Gasteiger partial charge in [-0.3, -0.25) is 37.3 Å². The van der Waals surface area contributed by atoms with Gasteiger partial charge in [-0.05, 0) is 49.4 Å². The monoisotopic (exact) mass is 1400 g/mol. The van der Waals surface area contributed by atoms with Crippen LogP contribution in [0.15, 0.2) is 0 Å². The highest BCUT2D eigenvalue weighted by Crippen LogP contribution is 2.45. The van der Waals surface area contributed by atoms with Crippen molar-refractivity contribution in [3.8, 4) is 0 Å². The highest BCUT2D eigenvalue weighted by Gasteiger charge is 2.30. The maximum atomic E-state index is 13.1. The minimum Gasteiger partial charge on any atom is -0.462 e. The fraction of sp³-hybridized carbons (Fsp3) is 0.947. The van der Waals surface area contributed by atoms with Crippen molar-refractivity contribution >= 4 is 39.5 Å². The Hall–Kier alpha value is -1.94. The van der Waals surface area contributed by atoms with Gasteiger partial charge >= 0.3 is 39.5 Å². The predicted octanol–water partition coefficient (Wildman–Crippen LogP) is 22.0. The predicted molar refractivity (Wildman–Crippen MR) is 386 cm³/mol. The summed E-state index contributed by atoms with van der Waals surface area (Å²) in [5.41, 5.74) is 0. The molecule has 0 saturated carbocycles. The Labute approximate surface area is 581 Å². The van der Waals surface area contributed by atoms with Crippen molar-refractivity contribution in [2.45, 2.75) is 401 Å². The molecule has 564 valence electrons. The lowest BCUT2D eigenvalue weighted by atomic mass is 10.0. The molecule has 95 heavy (non-hydrogen) atoms. The smallest absolute Gasteiger partial charge is 0.462 e. The summed E-state index contributed by atoms with van der Waals surface area (Å²) in [6, 6.07) is 0. The zero-order valence-corrected chi connectivity index (χ0v) is 64.1. The number of rotatable bonds is 73. The first-order valence-corrected chi connectivity index (χ1v) is 42.2. The molecule has 0 fully saturated rings. The molecule has 3 N–H and O–H groups in total. The zero-order chi connectivity index (χ0) is 70.3. The van der Waals surface area contributed by atoms with E-state index in [0.717, 1.165) is 114 Å². The van der Waals surface area contributed by atoms with Gasteiger partial charge in [0.2, 0.25) is 0 Å². The molecule has 0 saturated heterocycles. The van der Waals surface area contributed by atoms with Gasteiger partial charge in [0, 0.05) is 25.7 Å². The van der Waals surface area contributed by atoms with Crippen molar-refractivity contribution < 1.29 is 80.2 Å². The van der Waals surface area contributed by atoms with Crippen molar-refractivity contribution in [3.63, 3.8) is 0 Å². The second-order valence-electron chi connectivity index (χ2n) is 29.3. The van der Waals surface area contributed by atoms with Crippen LogP contribution in [0, 0.1) is 23.7 Å². The first-order valence-electron chi connectivity index (χ1n) is 39.2. The molecule has 3 unspecified atom stereocenters. The topological polar surface area (TPSA) is 237 Å². The number of unbranched alkanes of at least 4 members (excludes halogenated alkanes) is 39. The third kappa shape index (κ3) is 70.3. The normalized spacial score (nSPS) is 14.1. The fourth-order valence-corrected chi connectivity index (χ4v) is 13.1. The van der Waals surface area contributed by atoms with E-state index in [1.165, 1.54) is 180 Å². The molecule has 0 aromatic carbocycles. The Morgan fingerprint density at radius 2 is 0.442 bits per heavy atom. The Bertz CT molecular complexity index is 1870. The Morgan fingerprint density at radius 3 is 0.653 bits per heavy atom. The highest BCUT2D eigenvalue weighted by molar-refractivity contribution is 7.47. The summed E-state index contributed by atoms with van der Waals surface area (Å²) >= 11 is 0. The summed E-state index contributed by atoms with van der Waals surface area (Å²) < 4.78 is 68.5. The summed E-state index contributed by atoms with van der Waals surface area (Å²) in [5, 5.41) is 10.6. The van der Waals surface area contributed by atoms with Crippen LogP contribution < -0.4 is 0 Å². The molecule has 17 nitrogen and oxygen atoms in total. The van der Waals surface area contributed by atoms with Crippen molar-refractivity contribution in [3.05, 3.63) is 0 Å². The van der Waals surface area contributed by atoms with E-state index in [-0.39, 0.29) is 25.7 Å². The summed E-state index contributed by atoms with van der Waals surface area (Å²) in [6.45, 7) is 14.1. The lowest BCUT2D eigenvalue weighted by Gasteiger charge is -2.21. The molecule has 0 amide bonds. The van der Waals surface area contributed by atoms with E-state index < -0.39 is 97.5 Å². The number of aliphatic hydroxyl groups is 1. The number of aliphatic hydroxyl groups excluding tert-OH is 1. The van der Waals surface area contributed by atoms with Gasteiger partial charge in [0.05, 0.1) is 26.4 Å². The van der Waals surface area contributed by atoms with Crippen LogP contribution in [0.4, 0.5) is 0 Å². The van der Waals surface area contributed by atoms with Crippen LogP contribution in [-0.4, -0.2) is 96.7 Å². The molecule has 0 aromatic rings. The molecule has 0 aliphatic carbocycles. The second kappa shape index (κ2) is 65.4. The minimum absolute atomic E-state index is 0.104. The molecule has 0 aromatic heterocycles. The lowest BCUT2D eigenvalue weighted by Crippen LogP contribution is -2.30. The average Bonchev–Trinajstić information content (AvgIpc) is 1.66. The Morgan fingerprint density at radius 1 is 0.263 bits per heavy atom. The van der Waals surface area contributed by atoms with Crippen LogP contribution in [0.1, 0.15) is 383 Å². The van der Waals surface area contributed by atoms with Crippen LogP contribution in [0.5, 0.6) is 0 Å². The van der Waals surface area contributed by atoms with Gasteiger partial charge in [0.1, 0.15) is 19.3 Å². The van der Waals surface area contributed by atoms with E-state index in [4.69, 9.17) is 37.0 Å². The maximum absolute atomic E-state index is 13.1. The summed E-state index contributed by atoms with van der Waals surface area (Å²) in [4.78, 5) is 72.7. The summed E-state index contributed by atoms with van der Waals surface area (Å²) in [5.74, 6) is 0.882. The molecule has 0 radical (unpaired) electrons. The van der Waals surface area contributed by atoms with Crippen molar-refractivity contribution in [2.75, 3.05) is 39.6 Å². The first-order chi connectivity index (χ1) is 45.6. The number of ether oxygens (including phenoxy) is 4. The van der Waals surface area contributed by atoms with Crippen LogP contribution in [0.3, 0.4) is 0 Å². The van der Waals surface area contributed by atoms with E-state index in [0.29, 0.717) is 31.6 Å². The van der Waals surface area contributed by atoms with Crippen molar-refractivity contribution in [2.24, 2.45) is 23.7 Å². The summed E-state index contributed by atoms with van der Waals surface area (Å²) in [6.07, 6.45) is 50.2. The molecule has 0 bridgehead atoms. The molecule has 0 aliphatic heterocycles. The standard InChI is InChI=1S/C76H148O17P2/c1-66(2)52-44-36-28-21-17-15-13-11-9-10-12-14-16-18-24-33-42-50-58-75(80)92-72(63-87-74(79)57-49-41-35-27-31-39-47-55-69(7)8)65-91-95(84,85)89-61-70(77)60-88-94(82,83)90-64-71(93-76(81)59-51-43-34-26-20-23-30-38-46-54-68(5)6)62-86-73(78)56-48-40-32-25-19-22-29-37-45-53-67(3)4/h66-72,77H,9-65H2,1-8H3,(H,82,83)(H,84,85)/t70?,71-,72-/m1/s1. The number of hydrogen-bond donors (Lipinski definition) is 3. The molecule has 0 heterocycles. The number of carbonyl (C=O) groups excluding carboxylic acids is 4. The highest BCUT2D eigenvalue weighted by atomic mass is 31.2. The first kappa shape index (κ1) is 93.1. The van der Waals surface area contributed by atoms with Crippen molar-refractivity contribution in [1.29, 1.82) is 0 Å². The Balaban J connectivity index is 5.19. The fourth-order valence-electron chi connectivity index (χ4n) is 11.6. The van der Waals surface area contributed by atoms with Gasteiger partial charge in [-0.1, -0.05) is 331 Å². The van der Waals surface area contributed by atoms with E-state index in [2.05, 4.69) is 55.4 Å². The number of carbonyl (C=O) groups is 4. The quantitative estimate of drug-likeness (QED) is 0.0222. The number of hydrogen-bond acceptors (Lipinski definition) is 15. The van der Waals surface area contributed by atoms with E-state index in [9.17, 15) is 43.2 Å². The number of esters is 4. The van der Waals surface area contributed by atoms with Crippen LogP contribution in [-0.2, 0) is 65.4 Å².